The first-order chi connectivity index (χ1) is 16.8. The monoisotopic (exact) mass is 476 g/mol. The number of alkyl halides is 3. The Morgan fingerprint density at radius 2 is 1.71 bits per heavy atom. The van der Waals surface area contributed by atoms with Crippen molar-refractivity contribution in [3.63, 3.8) is 0 Å². The third-order valence-electron chi connectivity index (χ3n) is 6.21. The molecule has 0 bridgehead atoms. The maximum absolute atomic E-state index is 13.1. The minimum Gasteiger partial charge on any atom is -0.355 e. The van der Waals surface area contributed by atoms with Crippen molar-refractivity contribution < 1.29 is 18.0 Å². The van der Waals surface area contributed by atoms with Crippen molar-refractivity contribution in [1.82, 2.24) is 9.97 Å². The molecule has 178 valence electrons. The molecule has 1 aliphatic heterocycles. The molecule has 35 heavy (non-hydrogen) atoms. The van der Waals surface area contributed by atoms with E-state index in [1.54, 1.807) is 4.90 Å². The van der Waals surface area contributed by atoms with Crippen molar-refractivity contribution >= 4 is 28.4 Å². The van der Waals surface area contributed by atoms with E-state index < -0.39 is 12.1 Å². The Hall–Kier alpha value is -3.94. The zero-order chi connectivity index (χ0) is 24.4. The molecule has 1 atom stereocenters. The van der Waals surface area contributed by atoms with Gasteiger partial charge in [-0.2, -0.15) is 13.2 Å². The fraction of sp³-hybridized carbons (Fsp3) is 0.222. The van der Waals surface area contributed by atoms with Crippen LogP contribution in [0.25, 0.3) is 22.2 Å². The smallest absolute Gasteiger partial charge is 0.355 e. The highest BCUT2D eigenvalue weighted by Crippen LogP contribution is 2.35. The molecule has 5 nitrogen and oxygen atoms in total. The van der Waals surface area contributed by atoms with E-state index in [4.69, 9.17) is 0 Å². The predicted molar refractivity (Wildman–Crippen MR) is 130 cm³/mol. The zero-order valence-corrected chi connectivity index (χ0v) is 18.8. The number of carbonyl (C=O) groups excluding carboxylic acids is 1. The summed E-state index contributed by atoms with van der Waals surface area (Å²) < 4.78 is 39.2. The molecule has 8 heteroatoms. The van der Waals surface area contributed by atoms with Gasteiger partial charge in [-0.25, -0.2) is 4.98 Å². The van der Waals surface area contributed by atoms with Gasteiger partial charge in [-0.1, -0.05) is 48.5 Å². The Labute approximate surface area is 200 Å². The fourth-order valence-corrected chi connectivity index (χ4v) is 4.30. The van der Waals surface area contributed by atoms with E-state index in [1.807, 2.05) is 72.8 Å². The molecule has 0 saturated carbocycles. The number of hydrogen-bond acceptors (Lipinski definition) is 4. The second kappa shape index (κ2) is 9.37. The van der Waals surface area contributed by atoms with E-state index >= 15 is 0 Å². The van der Waals surface area contributed by atoms with Gasteiger partial charge >= 0.3 is 6.18 Å². The van der Waals surface area contributed by atoms with E-state index in [1.165, 1.54) is 6.20 Å². The van der Waals surface area contributed by atoms with Crippen LogP contribution in [0.3, 0.4) is 0 Å². The molecule has 1 saturated heterocycles. The van der Waals surface area contributed by atoms with Gasteiger partial charge in [-0.15, -0.1) is 0 Å². The maximum Gasteiger partial charge on any atom is 0.393 e. The Kier molecular flexibility index (Phi) is 6.11. The number of carbonyl (C=O) groups is 1. The van der Waals surface area contributed by atoms with Crippen LogP contribution in [-0.4, -0.2) is 35.1 Å². The van der Waals surface area contributed by atoms with E-state index in [-0.39, 0.29) is 18.9 Å². The van der Waals surface area contributed by atoms with Crippen molar-refractivity contribution in [2.45, 2.75) is 19.0 Å². The van der Waals surface area contributed by atoms with E-state index in [0.717, 1.165) is 16.7 Å². The van der Waals surface area contributed by atoms with Gasteiger partial charge in [0.05, 0.1) is 29.6 Å². The number of aromatic nitrogens is 2. The van der Waals surface area contributed by atoms with Gasteiger partial charge in [-0.05, 0) is 47.4 Å². The summed E-state index contributed by atoms with van der Waals surface area (Å²) in [5.41, 5.74) is 4.77. The number of amides is 1. The van der Waals surface area contributed by atoms with Crippen molar-refractivity contribution in [1.29, 1.82) is 0 Å². The lowest BCUT2D eigenvalue weighted by atomic mass is 10.0. The highest BCUT2D eigenvalue weighted by molar-refractivity contribution is 5.92. The molecule has 1 aromatic heterocycles. The molecular weight excluding hydrogens is 453 g/mol. The van der Waals surface area contributed by atoms with Crippen LogP contribution in [0.1, 0.15) is 12.0 Å². The van der Waals surface area contributed by atoms with Crippen LogP contribution in [0.15, 0.2) is 79.0 Å². The topological polar surface area (TPSA) is 58.1 Å². The molecule has 0 spiro atoms. The summed E-state index contributed by atoms with van der Waals surface area (Å²) in [4.78, 5) is 22.9. The Morgan fingerprint density at radius 3 is 2.43 bits per heavy atom. The van der Waals surface area contributed by atoms with Gasteiger partial charge in [0, 0.05) is 18.8 Å². The Balaban J connectivity index is 1.30. The van der Waals surface area contributed by atoms with Crippen molar-refractivity contribution in [3.8, 4) is 11.1 Å². The maximum atomic E-state index is 13.1. The summed E-state index contributed by atoms with van der Waals surface area (Å²) in [6, 6.07) is 22.7. The first-order valence-electron chi connectivity index (χ1n) is 11.4. The molecule has 4 aromatic rings. The number of anilines is 2. The van der Waals surface area contributed by atoms with Gasteiger partial charge in [0.2, 0.25) is 5.91 Å². The number of nitrogens with one attached hydrogen (secondary N) is 1. The van der Waals surface area contributed by atoms with Crippen LogP contribution in [0.5, 0.6) is 0 Å². The summed E-state index contributed by atoms with van der Waals surface area (Å²) >= 11 is 0. The molecule has 3 aromatic carbocycles. The van der Waals surface area contributed by atoms with Gasteiger partial charge in [-0.3, -0.25) is 9.78 Å². The molecule has 0 radical (unpaired) electrons. The Bertz CT molecular complexity index is 1340. The summed E-state index contributed by atoms with van der Waals surface area (Å²) in [7, 11) is 0. The second-order valence-corrected chi connectivity index (χ2v) is 8.69. The van der Waals surface area contributed by atoms with Crippen LogP contribution >= 0.6 is 0 Å². The molecule has 0 aliphatic carbocycles. The lowest BCUT2D eigenvalue weighted by Crippen LogP contribution is -2.27. The quantitative estimate of drug-likeness (QED) is 0.392. The lowest BCUT2D eigenvalue weighted by molar-refractivity contribution is -0.168. The van der Waals surface area contributed by atoms with E-state index in [9.17, 15) is 18.0 Å². The second-order valence-electron chi connectivity index (χ2n) is 8.69. The van der Waals surface area contributed by atoms with Gasteiger partial charge in [0.15, 0.2) is 0 Å². The summed E-state index contributed by atoms with van der Waals surface area (Å²) in [5.74, 6) is -0.969. The first kappa shape index (κ1) is 22.8. The molecule has 1 amide bonds. The SMILES string of the molecule is O=C(Cc1ccccc1)Nc1ccc(-c2ccc3ncc(N4CCC(C(F)(F)F)C4)nc3c2)cc1. The van der Waals surface area contributed by atoms with Gasteiger partial charge in [0.1, 0.15) is 5.82 Å². The minimum absolute atomic E-state index is 0.0670. The standard InChI is InChI=1S/C27H23F3N4O/c28-27(29,30)21-12-13-34(17-21)25-16-31-23-11-8-20(15-24(23)33-25)19-6-9-22(10-7-19)32-26(35)14-18-4-2-1-3-5-18/h1-11,15-16,21H,12-14,17H2,(H,32,35). The molecule has 1 N–H and O–H groups in total. The number of hydrogen-bond donors (Lipinski definition) is 1. The third-order valence-corrected chi connectivity index (χ3v) is 6.21. The molecule has 5 rings (SSSR count). The van der Waals surface area contributed by atoms with Crippen LogP contribution in [0.4, 0.5) is 24.7 Å². The largest absolute Gasteiger partial charge is 0.393 e. The van der Waals surface area contributed by atoms with Crippen LogP contribution < -0.4 is 10.2 Å². The Morgan fingerprint density at radius 1 is 0.971 bits per heavy atom. The van der Waals surface area contributed by atoms with E-state index in [0.29, 0.717) is 35.5 Å². The minimum atomic E-state index is -4.20. The number of rotatable bonds is 5. The number of fused-ring (bicyclic) bond motifs is 1. The van der Waals surface area contributed by atoms with Crippen LogP contribution in [0, 0.1) is 5.92 Å². The van der Waals surface area contributed by atoms with Gasteiger partial charge < -0.3 is 10.2 Å². The molecule has 2 heterocycles. The van der Waals surface area contributed by atoms with Gasteiger partial charge in [0.25, 0.3) is 0 Å². The third kappa shape index (κ3) is 5.26. The van der Waals surface area contributed by atoms with Crippen LogP contribution in [-0.2, 0) is 11.2 Å². The average Bonchev–Trinajstić information content (AvgIpc) is 3.36. The molecular formula is C27H23F3N4O. The average molecular weight is 477 g/mol. The van der Waals surface area contributed by atoms with Crippen LogP contribution in [0.2, 0.25) is 0 Å². The van der Waals surface area contributed by atoms with Crippen molar-refractivity contribution in [2.24, 2.45) is 5.92 Å². The molecule has 1 aliphatic rings. The highest BCUT2D eigenvalue weighted by atomic mass is 19.4. The predicted octanol–water partition coefficient (Wildman–Crippen LogP) is 5.87. The normalized spacial score (nSPS) is 16.0. The molecule has 1 fully saturated rings. The zero-order valence-electron chi connectivity index (χ0n) is 18.8. The van der Waals surface area contributed by atoms with Crippen molar-refractivity contribution in [2.75, 3.05) is 23.3 Å². The first-order valence-corrected chi connectivity index (χ1v) is 11.4. The summed E-state index contributed by atoms with van der Waals surface area (Å²) in [6.07, 6.45) is -2.29. The molecule has 1 unspecified atom stereocenters. The van der Waals surface area contributed by atoms with Crippen molar-refractivity contribution in [3.05, 3.63) is 84.6 Å². The summed E-state index contributed by atoms with van der Waals surface area (Å²) in [5, 5.41) is 2.90. The highest BCUT2D eigenvalue weighted by Gasteiger charge is 2.43. The lowest BCUT2D eigenvalue weighted by Gasteiger charge is -2.18. The number of nitrogens with zero attached hydrogens (tertiary/aromatic N) is 3. The fourth-order valence-electron chi connectivity index (χ4n) is 4.30. The summed E-state index contributed by atoms with van der Waals surface area (Å²) in [6.45, 7) is 0.211. The van der Waals surface area contributed by atoms with E-state index in [2.05, 4.69) is 15.3 Å². The number of halogens is 3. The number of benzene rings is 3.